The molecule has 0 spiro atoms. The lowest BCUT2D eigenvalue weighted by Gasteiger charge is -2.11. The normalized spacial score (nSPS) is 12.3. The van der Waals surface area contributed by atoms with Crippen LogP contribution in [0.5, 0.6) is 0 Å². The maximum Gasteiger partial charge on any atom is 0.307 e. The topological polar surface area (TPSA) is 63.6 Å². The fraction of sp³-hybridized carbons (Fsp3) is 0.882. The van der Waals surface area contributed by atoms with E-state index >= 15 is 0 Å². The number of rotatable bonds is 30. The third kappa shape index (κ3) is 27.7. The van der Waals surface area contributed by atoms with Crippen molar-refractivity contribution < 1.29 is 19.4 Å². The second-order valence-corrected chi connectivity index (χ2v) is 11.4. The Morgan fingerprint density at radius 3 is 1.37 bits per heavy atom. The summed E-state index contributed by atoms with van der Waals surface area (Å²) in [5, 5.41) is 9.32. The third-order valence-electron chi connectivity index (χ3n) is 7.54. The monoisotopic (exact) mass is 536 g/mol. The molecular formula is C34H64O4. The van der Waals surface area contributed by atoms with Gasteiger partial charge in [-0.25, -0.2) is 0 Å². The van der Waals surface area contributed by atoms with Crippen LogP contribution in [0.2, 0.25) is 0 Å². The van der Waals surface area contributed by atoms with Crippen LogP contribution in [-0.2, 0) is 14.3 Å². The van der Waals surface area contributed by atoms with Crippen molar-refractivity contribution >= 4 is 11.9 Å². The van der Waals surface area contributed by atoms with Crippen LogP contribution in [0.25, 0.3) is 0 Å². The summed E-state index contributed by atoms with van der Waals surface area (Å²) in [4.78, 5) is 23.0. The van der Waals surface area contributed by atoms with Crippen LogP contribution in [0.1, 0.15) is 181 Å². The molecule has 4 nitrogen and oxygen atoms in total. The Labute approximate surface area is 236 Å². The van der Waals surface area contributed by atoms with E-state index in [1.165, 1.54) is 116 Å². The lowest BCUT2D eigenvalue weighted by Crippen LogP contribution is -2.19. The van der Waals surface area contributed by atoms with Gasteiger partial charge in [0.25, 0.3) is 0 Å². The van der Waals surface area contributed by atoms with Gasteiger partial charge in [0.1, 0.15) is 0 Å². The van der Waals surface area contributed by atoms with Crippen LogP contribution < -0.4 is 0 Å². The number of carboxylic acid groups (broad SMARTS) is 1. The quantitative estimate of drug-likeness (QED) is 0.0563. The van der Waals surface area contributed by atoms with E-state index in [-0.39, 0.29) is 12.4 Å². The molecule has 0 bridgehead atoms. The molecule has 0 aliphatic rings. The Balaban J connectivity index is 3.35. The molecule has 0 saturated carbocycles. The highest BCUT2D eigenvalue weighted by Crippen LogP contribution is 2.17. The van der Waals surface area contributed by atoms with Crippen LogP contribution in [-0.4, -0.2) is 23.7 Å². The minimum absolute atomic E-state index is 0.00251. The van der Waals surface area contributed by atoms with Crippen molar-refractivity contribution in [3.63, 3.8) is 0 Å². The zero-order valence-electron chi connectivity index (χ0n) is 25.5. The molecule has 0 aromatic heterocycles. The first kappa shape index (κ1) is 36.7. The fourth-order valence-corrected chi connectivity index (χ4v) is 5.02. The van der Waals surface area contributed by atoms with Crippen molar-refractivity contribution in [2.45, 2.75) is 181 Å². The zero-order valence-corrected chi connectivity index (χ0v) is 25.5. The lowest BCUT2D eigenvalue weighted by atomic mass is 9.97. The number of aliphatic carboxylic acids is 1. The molecule has 0 aromatic rings. The Hall–Kier alpha value is -1.32. The first-order valence-corrected chi connectivity index (χ1v) is 16.6. The van der Waals surface area contributed by atoms with E-state index < -0.39 is 11.9 Å². The predicted octanol–water partition coefficient (Wildman–Crippen LogP) is 11.0. The number of esters is 1. The van der Waals surface area contributed by atoms with E-state index in [2.05, 4.69) is 19.1 Å². The van der Waals surface area contributed by atoms with Crippen molar-refractivity contribution in [1.82, 2.24) is 0 Å². The van der Waals surface area contributed by atoms with Crippen LogP contribution in [0, 0.1) is 5.92 Å². The van der Waals surface area contributed by atoms with Gasteiger partial charge in [-0.15, -0.1) is 0 Å². The summed E-state index contributed by atoms with van der Waals surface area (Å²) in [6.07, 6.45) is 36.6. The van der Waals surface area contributed by atoms with Gasteiger partial charge in [-0.1, -0.05) is 148 Å². The number of carbonyl (C=O) groups excluding carboxylic acids is 1. The Kier molecular flexibility index (Phi) is 29.2. The molecule has 0 amide bonds. The van der Waals surface area contributed by atoms with Gasteiger partial charge in [0.05, 0.1) is 18.9 Å². The van der Waals surface area contributed by atoms with Crippen molar-refractivity contribution in [1.29, 1.82) is 0 Å². The van der Waals surface area contributed by atoms with Crippen molar-refractivity contribution in [3.8, 4) is 0 Å². The standard InChI is InChI=1S/C34H64O4/c1-3-5-6-7-8-9-10-11-12-13-14-15-16-17-18-19-20-21-22-23-24-25-26-27-28-29-32(34(36)37)31-33(35)38-30-4-2/h22-23,32H,3-21,24-31H2,1-2H3,(H,36,37)/b23-22+. The molecule has 4 heteroatoms. The van der Waals surface area contributed by atoms with Crippen LogP contribution in [0.3, 0.4) is 0 Å². The second-order valence-electron chi connectivity index (χ2n) is 11.4. The molecule has 0 fully saturated rings. The van der Waals surface area contributed by atoms with Gasteiger partial charge in [-0.05, 0) is 38.5 Å². The molecule has 0 aliphatic heterocycles. The summed E-state index contributed by atoms with van der Waals surface area (Å²) in [5.41, 5.74) is 0. The Bertz CT molecular complexity index is 543. The largest absolute Gasteiger partial charge is 0.481 e. The maximum absolute atomic E-state index is 11.7. The van der Waals surface area contributed by atoms with Gasteiger partial charge in [-0.2, -0.15) is 0 Å². The molecule has 0 radical (unpaired) electrons. The molecule has 0 saturated heterocycles. The molecule has 1 N–H and O–H groups in total. The molecule has 1 atom stereocenters. The molecule has 0 rings (SSSR count). The van der Waals surface area contributed by atoms with E-state index in [0.717, 1.165) is 38.5 Å². The zero-order chi connectivity index (χ0) is 27.9. The number of ether oxygens (including phenoxy) is 1. The Morgan fingerprint density at radius 2 is 0.974 bits per heavy atom. The number of hydrogen-bond donors (Lipinski definition) is 1. The van der Waals surface area contributed by atoms with Gasteiger partial charge in [0.15, 0.2) is 0 Å². The van der Waals surface area contributed by atoms with Gasteiger partial charge in [0, 0.05) is 0 Å². The van der Waals surface area contributed by atoms with E-state index in [9.17, 15) is 14.7 Å². The Morgan fingerprint density at radius 1 is 0.579 bits per heavy atom. The summed E-state index contributed by atoms with van der Waals surface area (Å²) in [6.45, 7) is 4.59. The van der Waals surface area contributed by atoms with Gasteiger partial charge in [0.2, 0.25) is 0 Å². The van der Waals surface area contributed by atoms with E-state index in [4.69, 9.17) is 4.74 Å². The highest BCUT2D eigenvalue weighted by molar-refractivity contribution is 5.78. The number of unbranched alkanes of at least 4 members (excludes halogenated alkanes) is 21. The van der Waals surface area contributed by atoms with Gasteiger partial charge in [-0.3, -0.25) is 9.59 Å². The van der Waals surface area contributed by atoms with Gasteiger partial charge < -0.3 is 9.84 Å². The molecule has 38 heavy (non-hydrogen) atoms. The summed E-state index contributed by atoms with van der Waals surface area (Å²) in [7, 11) is 0. The highest BCUT2D eigenvalue weighted by atomic mass is 16.5. The van der Waals surface area contributed by atoms with Crippen LogP contribution in [0.15, 0.2) is 12.2 Å². The molecule has 1 unspecified atom stereocenters. The molecule has 0 heterocycles. The summed E-state index contributed by atoms with van der Waals surface area (Å²) >= 11 is 0. The summed E-state index contributed by atoms with van der Waals surface area (Å²) in [6, 6.07) is 0. The van der Waals surface area contributed by atoms with E-state index in [0.29, 0.717) is 13.0 Å². The van der Waals surface area contributed by atoms with Crippen LogP contribution in [0.4, 0.5) is 0 Å². The van der Waals surface area contributed by atoms with Gasteiger partial charge >= 0.3 is 11.9 Å². The fourth-order valence-electron chi connectivity index (χ4n) is 5.02. The first-order chi connectivity index (χ1) is 18.6. The predicted molar refractivity (Wildman–Crippen MR) is 163 cm³/mol. The van der Waals surface area contributed by atoms with E-state index in [1.807, 2.05) is 6.92 Å². The number of hydrogen-bond acceptors (Lipinski definition) is 3. The number of allylic oxidation sites excluding steroid dienone is 2. The average Bonchev–Trinajstić information content (AvgIpc) is 2.91. The lowest BCUT2D eigenvalue weighted by molar-refractivity contribution is -0.151. The smallest absolute Gasteiger partial charge is 0.307 e. The number of carboxylic acids is 1. The minimum Gasteiger partial charge on any atom is -0.481 e. The van der Waals surface area contributed by atoms with Crippen molar-refractivity contribution in [2.75, 3.05) is 6.61 Å². The average molecular weight is 537 g/mol. The molecule has 224 valence electrons. The second kappa shape index (κ2) is 30.2. The molecule has 0 aromatic carbocycles. The minimum atomic E-state index is -0.884. The SMILES string of the molecule is CCCCCCCCCCCCCCCCCCC/C=C/CCCCCCC(CC(=O)OCCC)C(=O)O. The third-order valence-corrected chi connectivity index (χ3v) is 7.54. The molecule has 0 aliphatic carbocycles. The highest BCUT2D eigenvalue weighted by Gasteiger charge is 2.21. The van der Waals surface area contributed by atoms with E-state index in [1.54, 1.807) is 0 Å². The first-order valence-electron chi connectivity index (χ1n) is 16.6. The number of carbonyl (C=O) groups is 2. The maximum atomic E-state index is 11.7. The van der Waals surface area contributed by atoms with Crippen LogP contribution >= 0.6 is 0 Å². The van der Waals surface area contributed by atoms with Crippen molar-refractivity contribution in [2.24, 2.45) is 5.92 Å². The van der Waals surface area contributed by atoms with Crippen molar-refractivity contribution in [3.05, 3.63) is 12.2 Å². The molecular weight excluding hydrogens is 472 g/mol. The summed E-state index contributed by atoms with van der Waals surface area (Å²) in [5.74, 6) is -1.88. The summed E-state index contributed by atoms with van der Waals surface area (Å²) < 4.78 is 5.02.